The van der Waals surface area contributed by atoms with Crippen LogP contribution in [0, 0.1) is 17.8 Å². The lowest BCUT2D eigenvalue weighted by Crippen LogP contribution is -2.48. The molecule has 0 aromatic heterocycles. The van der Waals surface area contributed by atoms with E-state index in [-0.39, 0.29) is 0 Å². The van der Waals surface area contributed by atoms with Crippen molar-refractivity contribution in [2.24, 2.45) is 17.8 Å². The summed E-state index contributed by atoms with van der Waals surface area (Å²) in [5.74, 6) is -8.58. The van der Waals surface area contributed by atoms with Crippen LogP contribution in [0.3, 0.4) is 0 Å². The fourth-order valence-electron chi connectivity index (χ4n) is 1.17. The summed E-state index contributed by atoms with van der Waals surface area (Å²) < 4.78 is 14.8. The van der Waals surface area contributed by atoms with Crippen LogP contribution < -0.4 is 0 Å². The number of carboxylic acids is 1. The van der Waals surface area contributed by atoms with Crippen LogP contribution in [0.1, 0.15) is 48.0 Å². The Morgan fingerprint density at radius 2 is 1.00 bits per heavy atom. The number of esters is 3. The van der Waals surface area contributed by atoms with Gasteiger partial charge >= 0.3 is 29.9 Å². The minimum absolute atomic E-state index is 0.640. The molecular weight excluding hydrogens is 308 g/mol. The molecule has 0 atom stereocenters. The summed E-state index contributed by atoms with van der Waals surface area (Å²) in [5.41, 5.74) is 0. The summed E-state index contributed by atoms with van der Waals surface area (Å²) in [6, 6.07) is 0. The maximum atomic E-state index is 11.8. The molecule has 0 aromatic rings. The molecule has 0 heterocycles. The molecule has 0 aromatic carbocycles. The summed E-state index contributed by atoms with van der Waals surface area (Å²) in [6.45, 7) is 9.01. The van der Waals surface area contributed by atoms with Crippen molar-refractivity contribution < 1.29 is 38.5 Å². The van der Waals surface area contributed by atoms with Crippen molar-refractivity contribution in [1.82, 2.24) is 0 Å². The Morgan fingerprint density at radius 3 is 1.17 bits per heavy atom. The lowest BCUT2D eigenvalue weighted by Gasteiger charge is -2.31. The number of carbonyl (C=O) groups excluding carboxylic acids is 3. The molecule has 0 bridgehead atoms. The third kappa shape index (κ3) is 7.12. The molecule has 132 valence electrons. The highest BCUT2D eigenvalue weighted by atomic mass is 16.9. The fourth-order valence-corrected chi connectivity index (χ4v) is 1.17. The van der Waals surface area contributed by atoms with Crippen molar-refractivity contribution in [3.05, 3.63) is 0 Å². The molecule has 0 amide bonds. The molecule has 0 spiro atoms. The van der Waals surface area contributed by atoms with Crippen LogP contribution in [0.4, 0.5) is 0 Å². The topological polar surface area (TPSA) is 116 Å². The van der Waals surface area contributed by atoms with Crippen LogP contribution in [0.5, 0.6) is 0 Å². The highest BCUT2D eigenvalue weighted by Crippen LogP contribution is 2.25. The van der Waals surface area contributed by atoms with Gasteiger partial charge in [0.25, 0.3) is 0 Å². The molecule has 0 rings (SSSR count). The summed E-state index contributed by atoms with van der Waals surface area (Å²) in [4.78, 5) is 46.6. The highest BCUT2D eigenvalue weighted by Gasteiger charge is 2.47. The molecule has 0 aliphatic carbocycles. The monoisotopic (exact) mass is 332 g/mol. The van der Waals surface area contributed by atoms with Crippen molar-refractivity contribution in [3.8, 4) is 0 Å². The molecule has 1 N–H and O–H groups in total. The smallest absolute Gasteiger partial charge is 0.434 e. The van der Waals surface area contributed by atoms with Gasteiger partial charge in [-0.1, -0.05) is 41.5 Å². The van der Waals surface area contributed by atoms with Gasteiger partial charge in [-0.05, 0) is 0 Å². The maximum Gasteiger partial charge on any atom is 0.434 e. The maximum absolute atomic E-state index is 11.8. The Kier molecular flexibility index (Phi) is 7.71. The summed E-state index contributed by atoms with van der Waals surface area (Å²) in [6.07, 6.45) is -1.01. The first-order valence-corrected chi connectivity index (χ1v) is 7.30. The standard InChI is InChI=1S/C15H24O8/c1-8(2)12(18)21-15(7-11(16)17,22-13(19)9(3)4)23-14(20)10(5)6/h8-10H,7H2,1-6H3,(H,16,17). The van der Waals surface area contributed by atoms with Crippen LogP contribution >= 0.6 is 0 Å². The van der Waals surface area contributed by atoms with E-state index < -0.39 is 54.0 Å². The molecule has 0 aliphatic heterocycles. The molecule has 0 saturated heterocycles. The van der Waals surface area contributed by atoms with E-state index in [2.05, 4.69) is 0 Å². The molecule has 0 radical (unpaired) electrons. The number of carbonyl (C=O) groups is 4. The van der Waals surface area contributed by atoms with Crippen LogP contribution in [-0.4, -0.2) is 35.0 Å². The van der Waals surface area contributed by atoms with Gasteiger partial charge in [0.05, 0.1) is 17.8 Å². The Bertz CT molecular complexity index is 409. The first-order valence-electron chi connectivity index (χ1n) is 7.30. The molecule has 0 aliphatic rings. The average molecular weight is 332 g/mol. The van der Waals surface area contributed by atoms with E-state index in [1.165, 1.54) is 41.5 Å². The van der Waals surface area contributed by atoms with Crippen LogP contribution in [-0.2, 0) is 33.4 Å². The first-order chi connectivity index (χ1) is 10.4. The second-order valence-corrected chi connectivity index (χ2v) is 5.98. The zero-order valence-electron chi connectivity index (χ0n) is 14.2. The van der Waals surface area contributed by atoms with Crippen molar-refractivity contribution in [2.45, 2.75) is 53.9 Å². The molecular formula is C15H24O8. The number of carboxylic acid groups (broad SMARTS) is 1. The SMILES string of the molecule is CC(C)C(=O)OC(CC(=O)O)(OC(=O)C(C)C)OC(=O)C(C)C. The average Bonchev–Trinajstić information content (AvgIpc) is 2.36. The summed E-state index contributed by atoms with van der Waals surface area (Å²) in [7, 11) is 0. The quantitative estimate of drug-likeness (QED) is 0.527. The predicted molar refractivity (Wildman–Crippen MR) is 77.8 cm³/mol. The number of rotatable bonds is 8. The third-order valence-electron chi connectivity index (χ3n) is 2.55. The van der Waals surface area contributed by atoms with E-state index in [0.717, 1.165) is 0 Å². The van der Waals surface area contributed by atoms with E-state index in [1.807, 2.05) is 0 Å². The van der Waals surface area contributed by atoms with Gasteiger partial charge in [-0.3, -0.25) is 19.2 Å². The van der Waals surface area contributed by atoms with Gasteiger partial charge in [0.1, 0.15) is 0 Å². The van der Waals surface area contributed by atoms with Gasteiger partial charge in [0, 0.05) is 0 Å². The lowest BCUT2D eigenvalue weighted by molar-refractivity contribution is -0.333. The van der Waals surface area contributed by atoms with Crippen LogP contribution in [0.25, 0.3) is 0 Å². The molecule has 0 unspecified atom stereocenters. The molecule has 8 nitrogen and oxygen atoms in total. The van der Waals surface area contributed by atoms with Crippen molar-refractivity contribution in [2.75, 3.05) is 0 Å². The predicted octanol–water partition coefficient (Wildman–Crippen LogP) is 1.71. The Hall–Kier alpha value is -2.12. The van der Waals surface area contributed by atoms with Gasteiger partial charge in [-0.2, -0.15) is 0 Å². The minimum Gasteiger partial charge on any atom is -0.481 e. The normalized spacial score (nSPS) is 11.5. The second-order valence-electron chi connectivity index (χ2n) is 5.98. The molecule has 23 heavy (non-hydrogen) atoms. The lowest BCUT2D eigenvalue weighted by atomic mass is 10.2. The molecule has 8 heteroatoms. The van der Waals surface area contributed by atoms with Gasteiger partial charge in [0.15, 0.2) is 6.42 Å². The molecule has 0 saturated carbocycles. The van der Waals surface area contributed by atoms with E-state index in [1.54, 1.807) is 0 Å². The Balaban J connectivity index is 5.68. The number of aliphatic carboxylic acids is 1. The van der Waals surface area contributed by atoms with Gasteiger partial charge in [0.2, 0.25) is 0 Å². The minimum atomic E-state index is -2.62. The highest BCUT2D eigenvalue weighted by molar-refractivity contribution is 5.78. The van der Waals surface area contributed by atoms with Gasteiger partial charge in [-0.15, -0.1) is 0 Å². The number of hydrogen-bond donors (Lipinski definition) is 1. The second kappa shape index (κ2) is 8.50. The third-order valence-corrected chi connectivity index (χ3v) is 2.55. The van der Waals surface area contributed by atoms with E-state index in [0.29, 0.717) is 0 Å². The first kappa shape index (κ1) is 20.9. The zero-order valence-corrected chi connectivity index (χ0v) is 14.2. The van der Waals surface area contributed by atoms with E-state index in [4.69, 9.17) is 19.3 Å². The van der Waals surface area contributed by atoms with Crippen LogP contribution in [0.15, 0.2) is 0 Å². The fraction of sp³-hybridized carbons (Fsp3) is 0.733. The Morgan fingerprint density at radius 1 is 0.739 bits per heavy atom. The summed E-state index contributed by atoms with van der Waals surface area (Å²) >= 11 is 0. The van der Waals surface area contributed by atoms with Crippen molar-refractivity contribution in [1.29, 1.82) is 0 Å². The summed E-state index contributed by atoms with van der Waals surface area (Å²) in [5, 5.41) is 9.03. The van der Waals surface area contributed by atoms with Gasteiger partial charge < -0.3 is 19.3 Å². The number of hydrogen-bond acceptors (Lipinski definition) is 7. The largest absolute Gasteiger partial charge is 0.481 e. The van der Waals surface area contributed by atoms with Gasteiger partial charge in [-0.25, -0.2) is 0 Å². The van der Waals surface area contributed by atoms with Crippen LogP contribution in [0.2, 0.25) is 0 Å². The van der Waals surface area contributed by atoms with E-state index in [9.17, 15) is 19.2 Å². The van der Waals surface area contributed by atoms with E-state index >= 15 is 0 Å². The number of ether oxygens (including phenoxy) is 3. The van der Waals surface area contributed by atoms with Crippen molar-refractivity contribution in [3.63, 3.8) is 0 Å². The van der Waals surface area contributed by atoms with Crippen molar-refractivity contribution >= 4 is 23.9 Å². The zero-order chi connectivity index (χ0) is 18.4. The Labute approximate surface area is 135 Å². The molecule has 0 fully saturated rings.